The van der Waals surface area contributed by atoms with Gasteiger partial charge in [-0.15, -0.1) is 0 Å². The third-order valence-corrected chi connectivity index (χ3v) is 2.72. The molecule has 0 aliphatic rings. The Kier molecular flexibility index (Phi) is 6.05. The molecule has 4 heteroatoms. The van der Waals surface area contributed by atoms with E-state index in [1.165, 1.54) is 5.56 Å². The molecule has 0 bridgehead atoms. The standard InChI is InChI=1S/C14H22N2O2/c1-4-16(5-2)14(17)15-10-11-18-13-8-6-12(3)7-9-13/h6-9H,4-5,10-11H2,1-3H3,(H,15,17). The lowest BCUT2D eigenvalue weighted by molar-refractivity contribution is 0.200. The van der Waals surface area contributed by atoms with Crippen molar-refractivity contribution in [2.24, 2.45) is 0 Å². The summed E-state index contributed by atoms with van der Waals surface area (Å²) >= 11 is 0. The Labute approximate surface area is 109 Å². The minimum atomic E-state index is -0.0347. The molecule has 0 saturated carbocycles. The summed E-state index contributed by atoms with van der Waals surface area (Å²) in [5, 5.41) is 2.83. The number of ether oxygens (including phenoxy) is 1. The van der Waals surface area contributed by atoms with E-state index in [1.807, 2.05) is 45.0 Å². The summed E-state index contributed by atoms with van der Waals surface area (Å²) in [5.41, 5.74) is 1.21. The molecule has 100 valence electrons. The van der Waals surface area contributed by atoms with Crippen LogP contribution in [0.25, 0.3) is 0 Å². The number of aryl methyl sites for hydroxylation is 1. The molecule has 0 unspecified atom stereocenters. The van der Waals surface area contributed by atoms with Crippen LogP contribution >= 0.6 is 0 Å². The second kappa shape index (κ2) is 7.58. The predicted molar refractivity (Wildman–Crippen MR) is 73.0 cm³/mol. The number of rotatable bonds is 6. The highest BCUT2D eigenvalue weighted by atomic mass is 16.5. The first-order valence-corrected chi connectivity index (χ1v) is 6.39. The van der Waals surface area contributed by atoms with E-state index in [4.69, 9.17) is 4.74 Å². The average Bonchev–Trinajstić information content (AvgIpc) is 2.38. The van der Waals surface area contributed by atoms with Crippen LogP contribution < -0.4 is 10.1 Å². The molecule has 0 aliphatic heterocycles. The van der Waals surface area contributed by atoms with Crippen LogP contribution in [-0.4, -0.2) is 37.2 Å². The van der Waals surface area contributed by atoms with Crippen LogP contribution in [-0.2, 0) is 0 Å². The first-order valence-electron chi connectivity index (χ1n) is 6.39. The van der Waals surface area contributed by atoms with Gasteiger partial charge in [-0.25, -0.2) is 4.79 Å². The summed E-state index contributed by atoms with van der Waals surface area (Å²) in [6.45, 7) is 8.41. The smallest absolute Gasteiger partial charge is 0.317 e. The minimum absolute atomic E-state index is 0.0347. The van der Waals surface area contributed by atoms with Crippen molar-refractivity contribution in [1.82, 2.24) is 10.2 Å². The lowest BCUT2D eigenvalue weighted by Crippen LogP contribution is -2.41. The summed E-state index contributed by atoms with van der Waals surface area (Å²) in [7, 11) is 0. The fraction of sp³-hybridized carbons (Fsp3) is 0.500. The van der Waals surface area contributed by atoms with Gasteiger partial charge in [0, 0.05) is 13.1 Å². The van der Waals surface area contributed by atoms with Crippen LogP contribution in [0.2, 0.25) is 0 Å². The van der Waals surface area contributed by atoms with Gasteiger partial charge >= 0.3 is 6.03 Å². The van der Waals surface area contributed by atoms with Crippen molar-refractivity contribution in [1.29, 1.82) is 0 Å². The normalized spacial score (nSPS) is 9.94. The van der Waals surface area contributed by atoms with Gasteiger partial charge < -0.3 is 15.0 Å². The summed E-state index contributed by atoms with van der Waals surface area (Å²) in [6.07, 6.45) is 0. The van der Waals surface area contributed by atoms with Gasteiger partial charge in [-0.1, -0.05) is 17.7 Å². The zero-order valence-corrected chi connectivity index (χ0v) is 11.4. The number of hydrogen-bond acceptors (Lipinski definition) is 2. The minimum Gasteiger partial charge on any atom is -0.492 e. The van der Waals surface area contributed by atoms with Crippen molar-refractivity contribution in [3.63, 3.8) is 0 Å². The molecule has 0 spiro atoms. The lowest BCUT2D eigenvalue weighted by Gasteiger charge is -2.19. The van der Waals surface area contributed by atoms with Gasteiger partial charge in [0.2, 0.25) is 0 Å². The zero-order chi connectivity index (χ0) is 13.4. The maximum atomic E-state index is 11.6. The largest absolute Gasteiger partial charge is 0.492 e. The second-order valence-corrected chi connectivity index (χ2v) is 4.07. The zero-order valence-electron chi connectivity index (χ0n) is 11.4. The molecule has 4 nitrogen and oxygen atoms in total. The summed E-state index contributed by atoms with van der Waals surface area (Å²) < 4.78 is 5.53. The van der Waals surface area contributed by atoms with Crippen LogP contribution in [0, 0.1) is 6.92 Å². The first kappa shape index (κ1) is 14.4. The molecular weight excluding hydrogens is 228 g/mol. The predicted octanol–water partition coefficient (Wildman–Crippen LogP) is 2.43. The lowest BCUT2D eigenvalue weighted by atomic mass is 10.2. The van der Waals surface area contributed by atoms with E-state index >= 15 is 0 Å². The third-order valence-electron chi connectivity index (χ3n) is 2.72. The number of urea groups is 1. The first-order chi connectivity index (χ1) is 8.67. The summed E-state index contributed by atoms with van der Waals surface area (Å²) in [5.74, 6) is 0.831. The van der Waals surface area contributed by atoms with E-state index in [9.17, 15) is 4.79 Å². The molecule has 1 N–H and O–H groups in total. The number of nitrogens with one attached hydrogen (secondary N) is 1. The fourth-order valence-corrected chi connectivity index (χ4v) is 1.58. The molecule has 1 aromatic carbocycles. The van der Waals surface area contributed by atoms with Crippen LogP contribution in [0.5, 0.6) is 5.75 Å². The van der Waals surface area contributed by atoms with Crippen LogP contribution in [0.3, 0.4) is 0 Å². The third kappa shape index (κ3) is 4.65. The van der Waals surface area contributed by atoms with Crippen molar-refractivity contribution < 1.29 is 9.53 Å². The van der Waals surface area contributed by atoms with Gasteiger partial charge in [0.05, 0.1) is 6.54 Å². The Bertz CT molecular complexity index is 359. The number of carbonyl (C=O) groups excluding carboxylic acids is 1. The van der Waals surface area contributed by atoms with Gasteiger partial charge in [0.25, 0.3) is 0 Å². The summed E-state index contributed by atoms with van der Waals surface area (Å²) in [6, 6.07) is 7.84. The van der Waals surface area contributed by atoms with E-state index in [0.717, 1.165) is 18.8 Å². The molecule has 0 aliphatic carbocycles. The molecule has 0 atom stereocenters. The SMILES string of the molecule is CCN(CC)C(=O)NCCOc1ccc(C)cc1. The highest BCUT2D eigenvalue weighted by Crippen LogP contribution is 2.10. The second-order valence-electron chi connectivity index (χ2n) is 4.07. The van der Waals surface area contributed by atoms with Gasteiger partial charge in [0.15, 0.2) is 0 Å². The highest BCUT2D eigenvalue weighted by molar-refractivity contribution is 5.73. The Morgan fingerprint density at radius 3 is 2.39 bits per heavy atom. The molecule has 2 amide bonds. The van der Waals surface area contributed by atoms with Crippen molar-refractivity contribution in [2.45, 2.75) is 20.8 Å². The number of nitrogens with zero attached hydrogens (tertiary/aromatic N) is 1. The molecule has 0 aromatic heterocycles. The van der Waals surface area contributed by atoms with Gasteiger partial charge in [-0.2, -0.15) is 0 Å². The molecule has 1 aromatic rings. The summed E-state index contributed by atoms with van der Waals surface area (Å²) in [4.78, 5) is 13.4. The fourth-order valence-electron chi connectivity index (χ4n) is 1.58. The molecule has 18 heavy (non-hydrogen) atoms. The van der Waals surface area contributed by atoms with E-state index in [-0.39, 0.29) is 6.03 Å². The molecule has 0 radical (unpaired) electrons. The Hall–Kier alpha value is -1.71. The average molecular weight is 250 g/mol. The molecule has 0 saturated heterocycles. The van der Waals surface area contributed by atoms with E-state index in [2.05, 4.69) is 5.32 Å². The maximum absolute atomic E-state index is 11.6. The van der Waals surface area contributed by atoms with Crippen LogP contribution in [0.15, 0.2) is 24.3 Å². The van der Waals surface area contributed by atoms with Crippen LogP contribution in [0.4, 0.5) is 4.79 Å². The van der Waals surface area contributed by atoms with Gasteiger partial charge in [-0.05, 0) is 32.9 Å². The quantitative estimate of drug-likeness (QED) is 0.788. The Morgan fingerprint density at radius 2 is 1.83 bits per heavy atom. The number of carbonyl (C=O) groups is 1. The van der Waals surface area contributed by atoms with Crippen molar-refractivity contribution in [3.05, 3.63) is 29.8 Å². The van der Waals surface area contributed by atoms with Crippen molar-refractivity contribution in [2.75, 3.05) is 26.2 Å². The van der Waals surface area contributed by atoms with E-state index in [0.29, 0.717) is 13.2 Å². The number of amides is 2. The molecule has 0 fully saturated rings. The van der Waals surface area contributed by atoms with Crippen molar-refractivity contribution in [3.8, 4) is 5.75 Å². The Morgan fingerprint density at radius 1 is 1.22 bits per heavy atom. The van der Waals surface area contributed by atoms with Crippen LogP contribution in [0.1, 0.15) is 19.4 Å². The molecule has 0 heterocycles. The molecular formula is C14H22N2O2. The maximum Gasteiger partial charge on any atom is 0.317 e. The van der Waals surface area contributed by atoms with Crippen molar-refractivity contribution >= 4 is 6.03 Å². The van der Waals surface area contributed by atoms with E-state index in [1.54, 1.807) is 4.90 Å². The number of hydrogen-bond donors (Lipinski definition) is 1. The Balaban J connectivity index is 2.22. The monoisotopic (exact) mass is 250 g/mol. The van der Waals surface area contributed by atoms with Gasteiger partial charge in [0.1, 0.15) is 12.4 Å². The topological polar surface area (TPSA) is 41.6 Å². The van der Waals surface area contributed by atoms with E-state index < -0.39 is 0 Å². The van der Waals surface area contributed by atoms with Gasteiger partial charge in [-0.3, -0.25) is 0 Å². The highest BCUT2D eigenvalue weighted by Gasteiger charge is 2.07. The molecule has 1 rings (SSSR count). The number of benzene rings is 1.